The predicted octanol–water partition coefficient (Wildman–Crippen LogP) is 12.0. The molecule has 1 unspecified atom stereocenters. The van der Waals surface area contributed by atoms with E-state index in [0.29, 0.717) is 51.4 Å². The van der Waals surface area contributed by atoms with Crippen LogP contribution in [0.5, 0.6) is 0 Å². The van der Waals surface area contributed by atoms with Crippen molar-refractivity contribution < 1.29 is 71.3 Å². The molecule has 0 aliphatic heterocycles. The van der Waals surface area contributed by atoms with Gasteiger partial charge in [0.15, 0.2) is 0 Å². The molecule has 0 spiro atoms. The lowest BCUT2D eigenvalue weighted by Crippen LogP contribution is -2.70. The van der Waals surface area contributed by atoms with Crippen molar-refractivity contribution in [2.45, 2.75) is 166 Å². The zero-order chi connectivity index (χ0) is 35.9. The van der Waals surface area contributed by atoms with Gasteiger partial charge in [-0.05, 0) is 32.1 Å². The van der Waals surface area contributed by atoms with Crippen molar-refractivity contribution in [1.82, 2.24) is 0 Å². The van der Waals surface area contributed by atoms with Crippen molar-refractivity contribution in [3.05, 3.63) is 0 Å². The molecule has 0 saturated carbocycles. The second kappa shape index (κ2) is 19.2. The topological polar surface area (TPSA) is 27.7 Å². The molecular formula is C30H49F13O3. The molecule has 0 aromatic carbocycles. The molecular weight excluding hydrogens is 655 g/mol. The average molecular weight is 705 g/mol. The van der Waals surface area contributed by atoms with Gasteiger partial charge >= 0.3 is 35.8 Å². The van der Waals surface area contributed by atoms with Gasteiger partial charge in [0.05, 0.1) is 19.8 Å². The largest absolute Gasteiger partial charge is 0.460 e. The first kappa shape index (κ1) is 45.0. The summed E-state index contributed by atoms with van der Waals surface area (Å²) in [6.07, 6.45) is -3.79. The molecule has 0 heterocycles. The van der Waals surface area contributed by atoms with Gasteiger partial charge in [-0.15, -0.1) is 0 Å². The number of rotatable bonds is 27. The fourth-order valence-electron chi connectivity index (χ4n) is 4.54. The molecule has 0 radical (unpaired) electrons. The maximum Gasteiger partial charge on any atom is 0.460 e. The molecule has 278 valence electrons. The first-order chi connectivity index (χ1) is 21.1. The van der Waals surface area contributed by atoms with Crippen molar-refractivity contribution in [3.8, 4) is 0 Å². The molecule has 0 rings (SSSR count). The number of hydrogen-bond donors (Lipinski definition) is 0. The first-order valence-electron chi connectivity index (χ1n) is 16.0. The molecule has 0 aliphatic carbocycles. The minimum absolute atomic E-state index is 0.0505. The van der Waals surface area contributed by atoms with Crippen LogP contribution in [0, 0.1) is 5.92 Å². The Bertz CT molecular complexity index is 794. The van der Waals surface area contributed by atoms with E-state index in [-0.39, 0.29) is 32.7 Å². The predicted molar refractivity (Wildman–Crippen MR) is 147 cm³/mol. The van der Waals surface area contributed by atoms with Crippen LogP contribution < -0.4 is 0 Å². The second-order valence-electron chi connectivity index (χ2n) is 11.5. The lowest BCUT2D eigenvalue weighted by molar-refractivity contribution is -0.441. The summed E-state index contributed by atoms with van der Waals surface area (Å²) >= 11 is 0. The fourth-order valence-corrected chi connectivity index (χ4v) is 4.54. The minimum Gasteiger partial charge on any atom is -0.327 e. The highest BCUT2D eigenvalue weighted by Crippen LogP contribution is 2.61. The van der Waals surface area contributed by atoms with Crippen molar-refractivity contribution in [2.75, 3.05) is 19.8 Å². The smallest absolute Gasteiger partial charge is 0.327 e. The van der Waals surface area contributed by atoms with Gasteiger partial charge in [0.25, 0.3) is 5.97 Å². The van der Waals surface area contributed by atoms with Gasteiger partial charge in [-0.25, -0.2) is 0 Å². The van der Waals surface area contributed by atoms with Crippen LogP contribution in [0.4, 0.5) is 57.1 Å². The van der Waals surface area contributed by atoms with E-state index in [9.17, 15) is 57.1 Å². The van der Waals surface area contributed by atoms with E-state index in [0.717, 1.165) is 19.3 Å². The van der Waals surface area contributed by atoms with Crippen LogP contribution in [0.2, 0.25) is 0 Å². The van der Waals surface area contributed by atoms with E-state index >= 15 is 0 Å². The number of halogens is 13. The molecule has 0 bridgehead atoms. The van der Waals surface area contributed by atoms with Crippen LogP contribution in [-0.2, 0) is 14.2 Å². The standard InChI is InChI=1S/C30H49F13O3/c1-5-9-13-14-15-16-17-23(25(44-20-10-6-2,45-21-11-7-3)46-22-12-8-4)18-19-24(31,32)26(33,34)27(35,36)28(37,38)29(39,40)30(41,42)43/h23H,5-22H2,1-4H3. The van der Waals surface area contributed by atoms with Gasteiger partial charge in [0.1, 0.15) is 0 Å². The molecule has 0 N–H and O–H groups in total. The molecule has 16 heteroatoms. The van der Waals surface area contributed by atoms with E-state index < -0.39 is 60.5 Å². The summed E-state index contributed by atoms with van der Waals surface area (Å²) in [5.41, 5.74) is 0. The van der Waals surface area contributed by atoms with Crippen LogP contribution >= 0.6 is 0 Å². The first-order valence-corrected chi connectivity index (χ1v) is 16.0. The highest BCUT2D eigenvalue weighted by Gasteiger charge is 2.90. The van der Waals surface area contributed by atoms with Gasteiger partial charge in [-0.2, -0.15) is 57.1 Å². The summed E-state index contributed by atoms with van der Waals surface area (Å²) in [4.78, 5) is 0. The highest BCUT2D eigenvalue weighted by molar-refractivity contribution is 5.10. The van der Waals surface area contributed by atoms with E-state index in [1.54, 1.807) is 20.8 Å². The second-order valence-corrected chi connectivity index (χ2v) is 11.5. The average Bonchev–Trinajstić information content (AvgIpc) is 2.95. The summed E-state index contributed by atoms with van der Waals surface area (Å²) < 4.78 is 197. The monoisotopic (exact) mass is 704 g/mol. The maximum absolute atomic E-state index is 14.9. The van der Waals surface area contributed by atoms with E-state index in [2.05, 4.69) is 0 Å². The molecule has 46 heavy (non-hydrogen) atoms. The van der Waals surface area contributed by atoms with Crippen LogP contribution in [0.3, 0.4) is 0 Å². The lowest BCUT2D eigenvalue weighted by atomic mass is 9.87. The third-order valence-corrected chi connectivity index (χ3v) is 7.61. The van der Waals surface area contributed by atoms with Crippen LogP contribution in [0.15, 0.2) is 0 Å². The third kappa shape index (κ3) is 11.3. The van der Waals surface area contributed by atoms with E-state index in [1.807, 2.05) is 6.92 Å². The Balaban J connectivity index is 6.63. The Labute approximate surface area is 263 Å². The van der Waals surface area contributed by atoms with E-state index in [1.165, 1.54) is 0 Å². The molecule has 0 aromatic rings. The number of unbranched alkanes of at least 4 members (excludes halogenated alkanes) is 8. The molecule has 3 nitrogen and oxygen atoms in total. The van der Waals surface area contributed by atoms with Gasteiger partial charge in [0.2, 0.25) is 0 Å². The van der Waals surface area contributed by atoms with Crippen molar-refractivity contribution >= 4 is 0 Å². The van der Waals surface area contributed by atoms with Crippen LogP contribution in [-0.4, -0.2) is 61.6 Å². The number of ether oxygens (including phenoxy) is 3. The highest BCUT2D eigenvalue weighted by atomic mass is 19.4. The van der Waals surface area contributed by atoms with Gasteiger partial charge in [-0.3, -0.25) is 0 Å². The van der Waals surface area contributed by atoms with Gasteiger partial charge < -0.3 is 14.2 Å². The summed E-state index contributed by atoms with van der Waals surface area (Å²) in [7, 11) is 0. The molecule has 0 aliphatic rings. The van der Waals surface area contributed by atoms with Crippen molar-refractivity contribution in [1.29, 1.82) is 0 Å². The Morgan fingerprint density at radius 3 is 1.17 bits per heavy atom. The molecule has 0 saturated heterocycles. The molecule has 0 amide bonds. The fraction of sp³-hybridized carbons (Fsp3) is 1.00. The number of alkyl halides is 13. The molecule has 1 atom stereocenters. The van der Waals surface area contributed by atoms with Gasteiger partial charge in [-0.1, -0.05) is 85.5 Å². The summed E-state index contributed by atoms with van der Waals surface area (Å²) in [6, 6.07) is 0. The molecule has 0 fully saturated rings. The lowest BCUT2D eigenvalue weighted by Gasteiger charge is -2.42. The normalized spacial score (nSPS) is 15.1. The van der Waals surface area contributed by atoms with Crippen LogP contribution in [0.25, 0.3) is 0 Å². The SMILES string of the molecule is CCCCCCCCC(CCC(F)(F)C(F)(F)C(F)(F)C(F)(F)C(F)(F)C(F)(F)F)C(OCCCC)(OCCCC)OCCCC. The quantitative estimate of drug-likeness (QED) is 0.0484. The summed E-state index contributed by atoms with van der Waals surface area (Å²) in [5.74, 6) is -40.5. The molecule has 0 aromatic heterocycles. The Morgan fingerprint density at radius 2 is 0.783 bits per heavy atom. The maximum atomic E-state index is 14.9. The van der Waals surface area contributed by atoms with Crippen LogP contribution in [0.1, 0.15) is 124 Å². The van der Waals surface area contributed by atoms with Crippen molar-refractivity contribution in [2.24, 2.45) is 5.92 Å². The summed E-state index contributed by atoms with van der Waals surface area (Å²) in [6.45, 7) is 7.22. The Morgan fingerprint density at radius 1 is 0.413 bits per heavy atom. The van der Waals surface area contributed by atoms with Crippen molar-refractivity contribution in [3.63, 3.8) is 0 Å². The Hall–Kier alpha value is -1.03. The number of hydrogen-bond acceptors (Lipinski definition) is 3. The van der Waals surface area contributed by atoms with E-state index in [4.69, 9.17) is 14.2 Å². The Kier molecular flexibility index (Phi) is 18.8. The third-order valence-electron chi connectivity index (χ3n) is 7.61. The van der Waals surface area contributed by atoms with Gasteiger partial charge in [0, 0.05) is 12.3 Å². The minimum atomic E-state index is -7.93. The summed E-state index contributed by atoms with van der Waals surface area (Å²) in [5, 5.41) is 0. The zero-order valence-corrected chi connectivity index (χ0v) is 26.9. The zero-order valence-electron chi connectivity index (χ0n) is 26.9.